The van der Waals surface area contributed by atoms with Crippen molar-refractivity contribution >= 4 is 44.8 Å². The first-order chi connectivity index (χ1) is 14.3. The third kappa shape index (κ3) is 5.95. The standard InChI is InChI=1S/C21H24Cl2N2O4S/c1-29-13-15-4-2-6-19(10-15)24-21(26)16-5-3-9-25(12-16)30(27,28)14-17-7-8-18(22)11-20(17)23/h2,4,6-8,10-11,16H,3,5,9,12-14H2,1H3,(H,24,26)/t16-/m0/s1. The molecule has 1 saturated heterocycles. The lowest BCUT2D eigenvalue weighted by Gasteiger charge is -2.31. The third-order valence-electron chi connectivity index (χ3n) is 5.01. The number of amides is 1. The lowest BCUT2D eigenvalue weighted by atomic mass is 9.98. The fourth-order valence-corrected chi connectivity index (χ4v) is 5.68. The van der Waals surface area contributed by atoms with Gasteiger partial charge in [-0.1, -0.05) is 41.4 Å². The lowest BCUT2D eigenvalue weighted by Crippen LogP contribution is -2.44. The van der Waals surface area contributed by atoms with E-state index in [1.165, 1.54) is 10.4 Å². The minimum absolute atomic E-state index is 0.150. The minimum Gasteiger partial charge on any atom is -0.380 e. The van der Waals surface area contributed by atoms with Crippen molar-refractivity contribution in [2.75, 3.05) is 25.5 Å². The number of methoxy groups -OCH3 is 1. The van der Waals surface area contributed by atoms with Crippen LogP contribution in [-0.4, -0.2) is 38.8 Å². The van der Waals surface area contributed by atoms with Gasteiger partial charge in [0.1, 0.15) is 0 Å². The van der Waals surface area contributed by atoms with Gasteiger partial charge in [0.05, 0.1) is 18.3 Å². The predicted octanol–water partition coefficient (Wildman–Crippen LogP) is 4.32. The number of carbonyl (C=O) groups is 1. The molecule has 1 heterocycles. The lowest BCUT2D eigenvalue weighted by molar-refractivity contribution is -0.120. The SMILES string of the molecule is COCc1cccc(NC(=O)[C@H]2CCCN(S(=O)(=O)Cc3ccc(Cl)cc3Cl)C2)c1. The van der Waals surface area contributed by atoms with Gasteiger partial charge in [0.25, 0.3) is 0 Å². The molecule has 2 aromatic carbocycles. The van der Waals surface area contributed by atoms with Gasteiger partial charge < -0.3 is 10.1 Å². The summed E-state index contributed by atoms with van der Waals surface area (Å²) in [7, 11) is -2.01. The van der Waals surface area contributed by atoms with Crippen LogP contribution in [0.4, 0.5) is 5.69 Å². The Labute approximate surface area is 187 Å². The zero-order chi connectivity index (χ0) is 21.7. The van der Waals surface area contributed by atoms with Crippen molar-refractivity contribution < 1.29 is 17.9 Å². The molecule has 1 fully saturated rings. The molecule has 1 N–H and O–H groups in total. The van der Waals surface area contributed by atoms with Crippen molar-refractivity contribution in [3.63, 3.8) is 0 Å². The number of benzene rings is 2. The molecule has 2 aromatic rings. The highest BCUT2D eigenvalue weighted by atomic mass is 35.5. The molecule has 1 aliphatic heterocycles. The second-order valence-electron chi connectivity index (χ2n) is 7.31. The Hall–Kier alpha value is -1.64. The Kier molecular flexibility index (Phi) is 7.76. The Bertz CT molecular complexity index is 1010. The number of ether oxygens (including phenoxy) is 1. The van der Waals surface area contributed by atoms with Crippen LogP contribution >= 0.6 is 23.2 Å². The van der Waals surface area contributed by atoms with E-state index in [9.17, 15) is 13.2 Å². The number of anilines is 1. The molecule has 30 heavy (non-hydrogen) atoms. The summed E-state index contributed by atoms with van der Waals surface area (Å²) in [6, 6.07) is 12.2. The van der Waals surface area contributed by atoms with Crippen LogP contribution in [0.2, 0.25) is 10.0 Å². The van der Waals surface area contributed by atoms with Gasteiger partial charge in [0.15, 0.2) is 0 Å². The van der Waals surface area contributed by atoms with E-state index in [1.54, 1.807) is 25.3 Å². The van der Waals surface area contributed by atoms with Crippen LogP contribution in [0.3, 0.4) is 0 Å². The first-order valence-corrected chi connectivity index (χ1v) is 12.0. The summed E-state index contributed by atoms with van der Waals surface area (Å²) in [6.07, 6.45) is 1.26. The molecule has 0 spiro atoms. The smallest absolute Gasteiger partial charge is 0.228 e. The van der Waals surface area contributed by atoms with E-state index in [2.05, 4.69) is 5.32 Å². The Morgan fingerprint density at radius 3 is 2.77 bits per heavy atom. The average molecular weight is 471 g/mol. The van der Waals surface area contributed by atoms with E-state index in [0.717, 1.165) is 5.56 Å². The van der Waals surface area contributed by atoms with E-state index in [4.69, 9.17) is 27.9 Å². The molecule has 0 aliphatic carbocycles. The van der Waals surface area contributed by atoms with Gasteiger partial charge in [0.2, 0.25) is 15.9 Å². The maximum atomic E-state index is 12.9. The molecular formula is C21H24Cl2N2O4S. The number of sulfonamides is 1. The number of carbonyl (C=O) groups excluding carboxylic acids is 1. The van der Waals surface area contributed by atoms with Crippen LogP contribution in [0, 0.1) is 5.92 Å². The molecule has 0 radical (unpaired) electrons. The zero-order valence-corrected chi connectivity index (χ0v) is 18.9. The highest BCUT2D eigenvalue weighted by Crippen LogP contribution is 2.27. The number of halogens is 2. The maximum Gasteiger partial charge on any atom is 0.228 e. The quantitative estimate of drug-likeness (QED) is 0.653. The van der Waals surface area contributed by atoms with Crippen molar-refractivity contribution in [3.8, 4) is 0 Å². The molecule has 1 atom stereocenters. The average Bonchev–Trinajstić information content (AvgIpc) is 2.71. The van der Waals surface area contributed by atoms with Gasteiger partial charge in [-0.25, -0.2) is 12.7 Å². The number of piperidine rings is 1. The summed E-state index contributed by atoms with van der Waals surface area (Å²) in [5, 5.41) is 3.66. The molecular weight excluding hydrogens is 447 g/mol. The number of hydrogen-bond donors (Lipinski definition) is 1. The number of hydrogen-bond acceptors (Lipinski definition) is 4. The van der Waals surface area contributed by atoms with E-state index >= 15 is 0 Å². The molecule has 0 saturated carbocycles. The summed E-state index contributed by atoms with van der Waals surface area (Å²) in [5.74, 6) is -0.828. The van der Waals surface area contributed by atoms with E-state index in [-0.39, 0.29) is 18.2 Å². The number of rotatable bonds is 7. The van der Waals surface area contributed by atoms with Gasteiger partial charge in [-0.2, -0.15) is 0 Å². The summed E-state index contributed by atoms with van der Waals surface area (Å²) < 4.78 is 32.3. The molecule has 6 nitrogen and oxygen atoms in total. The largest absolute Gasteiger partial charge is 0.380 e. The third-order valence-corrected chi connectivity index (χ3v) is 7.39. The molecule has 1 aliphatic rings. The fraction of sp³-hybridized carbons (Fsp3) is 0.381. The van der Waals surface area contributed by atoms with Crippen molar-refractivity contribution in [2.45, 2.75) is 25.2 Å². The highest BCUT2D eigenvalue weighted by molar-refractivity contribution is 7.88. The van der Waals surface area contributed by atoms with Gasteiger partial charge in [0, 0.05) is 35.9 Å². The van der Waals surface area contributed by atoms with Crippen molar-refractivity contribution in [1.82, 2.24) is 4.31 Å². The van der Waals surface area contributed by atoms with E-state index < -0.39 is 15.9 Å². The minimum atomic E-state index is -3.62. The summed E-state index contributed by atoms with van der Waals surface area (Å²) >= 11 is 12.0. The van der Waals surface area contributed by atoms with Gasteiger partial charge in [-0.15, -0.1) is 0 Å². The fourth-order valence-electron chi connectivity index (χ4n) is 3.49. The molecule has 3 rings (SSSR count). The van der Waals surface area contributed by atoms with Gasteiger partial charge in [-0.05, 0) is 48.2 Å². The van der Waals surface area contributed by atoms with Crippen molar-refractivity contribution in [1.29, 1.82) is 0 Å². The second kappa shape index (κ2) is 10.1. The van der Waals surface area contributed by atoms with Crippen LogP contribution in [0.5, 0.6) is 0 Å². The van der Waals surface area contributed by atoms with Gasteiger partial charge >= 0.3 is 0 Å². The molecule has 162 valence electrons. The predicted molar refractivity (Wildman–Crippen MR) is 119 cm³/mol. The highest BCUT2D eigenvalue weighted by Gasteiger charge is 2.32. The first kappa shape index (κ1) is 23.0. The zero-order valence-electron chi connectivity index (χ0n) is 16.6. The number of nitrogens with one attached hydrogen (secondary N) is 1. The molecule has 0 unspecified atom stereocenters. The Morgan fingerprint density at radius 1 is 1.23 bits per heavy atom. The van der Waals surface area contributed by atoms with Gasteiger partial charge in [-0.3, -0.25) is 4.79 Å². The molecule has 0 bridgehead atoms. The van der Waals surface area contributed by atoms with Crippen molar-refractivity contribution in [2.24, 2.45) is 5.92 Å². The summed E-state index contributed by atoms with van der Waals surface area (Å²) in [4.78, 5) is 12.8. The first-order valence-electron chi connectivity index (χ1n) is 9.59. The van der Waals surface area contributed by atoms with Crippen molar-refractivity contribution in [3.05, 3.63) is 63.6 Å². The van der Waals surface area contributed by atoms with Crippen LogP contribution < -0.4 is 5.32 Å². The Morgan fingerprint density at radius 2 is 2.03 bits per heavy atom. The van der Waals surface area contributed by atoms with Crippen LogP contribution in [-0.2, 0) is 31.9 Å². The number of nitrogens with zero attached hydrogens (tertiary/aromatic N) is 1. The monoisotopic (exact) mass is 470 g/mol. The second-order valence-corrected chi connectivity index (χ2v) is 10.1. The summed E-state index contributed by atoms with van der Waals surface area (Å²) in [6.45, 7) is 0.990. The molecule has 9 heteroatoms. The van der Waals surface area contributed by atoms with Crippen LogP contribution in [0.15, 0.2) is 42.5 Å². The van der Waals surface area contributed by atoms with E-state index in [1.807, 2.05) is 18.2 Å². The normalized spacial score (nSPS) is 17.6. The summed E-state index contributed by atoms with van der Waals surface area (Å²) in [5.41, 5.74) is 2.10. The maximum absolute atomic E-state index is 12.9. The topological polar surface area (TPSA) is 75.7 Å². The van der Waals surface area contributed by atoms with Crippen LogP contribution in [0.1, 0.15) is 24.0 Å². The van der Waals surface area contributed by atoms with Crippen LogP contribution in [0.25, 0.3) is 0 Å². The molecule has 1 amide bonds. The molecule has 0 aromatic heterocycles. The Balaban J connectivity index is 1.66. The van der Waals surface area contributed by atoms with E-state index in [0.29, 0.717) is 47.3 Å².